The van der Waals surface area contributed by atoms with Gasteiger partial charge in [-0.2, -0.15) is 0 Å². The van der Waals surface area contributed by atoms with Crippen LogP contribution in [0.1, 0.15) is 16.7 Å². The van der Waals surface area contributed by atoms with Crippen LogP contribution in [0.2, 0.25) is 5.02 Å². The van der Waals surface area contributed by atoms with Gasteiger partial charge in [-0.3, -0.25) is 9.10 Å². The van der Waals surface area contributed by atoms with E-state index in [1.807, 2.05) is 32.9 Å². The van der Waals surface area contributed by atoms with E-state index in [1.54, 1.807) is 12.1 Å². The first-order valence-corrected chi connectivity index (χ1v) is 10.6. The fourth-order valence-electron chi connectivity index (χ4n) is 3.26. The predicted octanol–water partition coefficient (Wildman–Crippen LogP) is 3.43. The molecule has 3 rings (SSSR count). The molecule has 1 amide bonds. The summed E-state index contributed by atoms with van der Waals surface area (Å²) in [6, 6.07) is 8.63. The molecule has 1 heterocycles. The predicted molar refractivity (Wildman–Crippen MR) is 107 cm³/mol. The molecule has 1 aliphatic heterocycles. The van der Waals surface area contributed by atoms with Crippen LogP contribution in [0.25, 0.3) is 0 Å². The molecule has 1 aliphatic rings. The number of carbonyl (C=O) groups is 1. The van der Waals surface area contributed by atoms with Gasteiger partial charge < -0.3 is 10.1 Å². The van der Waals surface area contributed by atoms with Gasteiger partial charge in [-0.15, -0.1) is 0 Å². The summed E-state index contributed by atoms with van der Waals surface area (Å²) in [5.41, 5.74) is 4.01. The molecule has 2 aromatic carbocycles. The van der Waals surface area contributed by atoms with Gasteiger partial charge in [0.15, 0.2) is 6.10 Å². The Hall–Kier alpha value is -2.25. The topological polar surface area (TPSA) is 75.7 Å². The Kier molecular flexibility index (Phi) is 5.10. The van der Waals surface area contributed by atoms with Gasteiger partial charge in [0.05, 0.1) is 18.5 Å². The van der Waals surface area contributed by atoms with Gasteiger partial charge in [-0.1, -0.05) is 29.3 Å². The minimum atomic E-state index is -3.60. The minimum absolute atomic E-state index is 0.123. The van der Waals surface area contributed by atoms with Crippen LogP contribution in [0, 0.1) is 20.8 Å². The number of aryl methyl sites for hydroxylation is 3. The Bertz CT molecular complexity index is 997. The molecule has 6 nitrogen and oxygen atoms in total. The van der Waals surface area contributed by atoms with Crippen LogP contribution in [-0.2, 0) is 14.8 Å². The number of amides is 1. The summed E-state index contributed by atoms with van der Waals surface area (Å²) in [6.45, 7) is 5.69. The SMILES string of the molecule is Cc1cc(C)c(NC(=O)C2CN(S(C)(=O)=O)c3cc(Cl)ccc3O2)c(C)c1. The smallest absolute Gasteiger partial charge is 0.267 e. The largest absolute Gasteiger partial charge is 0.476 e. The maximum Gasteiger partial charge on any atom is 0.267 e. The average molecular weight is 409 g/mol. The van der Waals surface area contributed by atoms with Gasteiger partial charge in [-0.05, 0) is 50.1 Å². The molecule has 0 saturated heterocycles. The molecular formula is C19H21ClN2O4S. The first kappa shape index (κ1) is 19.5. The molecule has 0 aliphatic carbocycles. The molecule has 0 bridgehead atoms. The Labute approximate surface area is 164 Å². The van der Waals surface area contributed by atoms with Crippen molar-refractivity contribution in [3.05, 3.63) is 52.0 Å². The zero-order chi connectivity index (χ0) is 19.9. The van der Waals surface area contributed by atoms with Gasteiger partial charge in [0.2, 0.25) is 10.0 Å². The van der Waals surface area contributed by atoms with E-state index in [1.165, 1.54) is 6.07 Å². The Morgan fingerprint density at radius 2 is 1.81 bits per heavy atom. The van der Waals surface area contributed by atoms with Crippen LogP contribution in [0.15, 0.2) is 30.3 Å². The highest BCUT2D eigenvalue weighted by atomic mass is 35.5. The number of rotatable bonds is 3. The second-order valence-electron chi connectivity index (χ2n) is 6.78. The molecule has 1 unspecified atom stereocenters. The molecule has 8 heteroatoms. The molecule has 1 atom stereocenters. The summed E-state index contributed by atoms with van der Waals surface area (Å²) in [7, 11) is -3.60. The van der Waals surface area contributed by atoms with Crippen molar-refractivity contribution >= 4 is 38.9 Å². The lowest BCUT2D eigenvalue weighted by Crippen LogP contribution is -2.48. The molecule has 0 saturated carbocycles. The van der Waals surface area contributed by atoms with Gasteiger partial charge in [0.1, 0.15) is 5.75 Å². The van der Waals surface area contributed by atoms with Crippen molar-refractivity contribution in [2.75, 3.05) is 22.4 Å². The Morgan fingerprint density at radius 1 is 1.19 bits per heavy atom. The third-order valence-corrected chi connectivity index (χ3v) is 5.79. The fourth-order valence-corrected chi connectivity index (χ4v) is 4.33. The number of hydrogen-bond acceptors (Lipinski definition) is 4. The van der Waals surface area contributed by atoms with Crippen LogP contribution < -0.4 is 14.4 Å². The highest BCUT2D eigenvalue weighted by molar-refractivity contribution is 7.92. The highest BCUT2D eigenvalue weighted by Gasteiger charge is 2.35. The van der Waals surface area contributed by atoms with Crippen molar-refractivity contribution in [1.29, 1.82) is 0 Å². The number of ether oxygens (including phenoxy) is 1. The zero-order valence-electron chi connectivity index (χ0n) is 15.5. The van der Waals surface area contributed by atoms with E-state index in [4.69, 9.17) is 16.3 Å². The quantitative estimate of drug-likeness (QED) is 0.844. The van der Waals surface area contributed by atoms with Crippen LogP contribution in [0.3, 0.4) is 0 Å². The van der Waals surface area contributed by atoms with E-state index in [9.17, 15) is 13.2 Å². The van der Waals surface area contributed by atoms with Crippen molar-refractivity contribution in [3.8, 4) is 5.75 Å². The zero-order valence-corrected chi connectivity index (χ0v) is 17.1. The van der Waals surface area contributed by atoms with E-state index in [0.29, 0.717) is 22.1 Å². The van der Waals surface area contributed by atoms with Crippen molar-refractivity contribution in [1.82, 2.24) is 0 Å². The van der Waals surface area contributed by atoms with Gasteiger partial charge >= 0.3 is 0 Å². The Morgan fingerprint density at radius 3 is 2.41 bits per heavy atom. The van der Waals surface area contributed by atoms with E-state index in [0.717, 1.165) is 27.3 Å². The van der Waals surface area contributed by atoms with E-state index >= 15 is 0 Å². The number of benzene rings is 2. The molecule has 0 spiro atoms. The third-order valence-electron chi connectivity index (χ3n) is 4.41. The number of nitrogens with zero attached hydrogens (tertiary/aromatic N) is 1. The first-order valence-electron chi connectivity index (χ1n) is 8.39. The average Bonchev–Trinajstić information content (AvgIpc) is 2.56. The summed E-state index contributed by atoms with van der Waals surface area (Å²) < 4.78 is 31.4. The second kappa shape index (κ2) is 7.05. The molecule has 27 heavy (non-hydrogen) atoms. The van der Waals surface area contributed by atoms with Crippen LogP contribution in [-0.4, -0.2) is 33.2 Å². The maximum absolute atomic E-state index is 12.8. The van der Waals surface area contributed by atoms with Crippen molar-refractivity contribution in [2.24, 2.45) is 0 Å². The molecule has 2 aromatic rings. The van der Waals surface area contributed by atoms with Crippen molar-refractivity contribution in [3.63, 3.8) is 0 Å². The number of carbonyl (C=O) groups excluding carboxylic acids is 1. The number of hydrogen-bond donors (Lipinski definition) is 1. The van der Waals surface area contributed by atoms with Gasteiger partial charge in [0.25, 0.3) is 5.91 Å². The summed E-state index contributed by atoms with van der Waals surface area (Å²) in [5, 5.41) is 3.27. The molecule has 0 aromatic heterocycles. The standard InChI is InChI=1S/C19H21ClN2O4S/c1-11-7-12(2)18(13(3)8-11)21-19(23)17-10-22(27(4,24)25)15-9-14(20)5-6-16(15)26-17/h5-9,17H,10H2,1-4H3,(H,21,23). The summed E-state index contributed by atoms with van der Waals surface area (Å²) in [4.78, 5) is 12.8. The lowest BCUT2D eigenvalue weighted by molar-refractivity contribution is -0.122. The molecule has 1 N–H and O–H groups in total. The normalized spacial score (nSPS) is 16.5. The fraction of sp³-hybridized carbons (Fsp3) is 0.316. The van der Waals surface area contributed by atoms with Crippen LogP contribution in [0.4, 0.5) is 11.4 Å². The highest BCUT2D eigenvalue weighted by Crippen LogP contribution is 2.37. The van der Waals surface area contributed by atoms with Crippen LogP contribution in [0.5, 0.6) is 5.75 Å². The van der Waals surface area contributed by atoms with Gasteiger partial charge in [-0.25, -0.2) is 8.42 Å². The lowest BCUT2D eigenvalue weighted by atomic mass is 10.0. The number of halogens is 1. The third kappa shape index (κ3) is 4.04. The lowest BCUT2D eigenvalue weighted by Gasteiger charge is -2.34. The minimum Gasteiger partial charge on any atom is -0.476 e. The van der Waals surface area contributed by atoms with Gasteiger partial charge in [0, 0.05) is 10.7 Å². The molecule has 0 fully saturated rings. The first-order chi connectivity index (χ1) is 12.6. The monoisotopic (exact) mass is 408 g/mol. The Balaban J connectivity index is 1.92. The van der Waals surface area contributed by atoms with Crippen LogP contribution >= 0.6 is 11.6 Å². The number of nitrogens with one attached hydrogen (secondary N) is 1. The van der Waals surface area contributed by atoms with Crippen molar-refractivity contribution in [2.45, 2.75) is 26.9 Å². The van der Waals surface area contributed by atoms with E-state index in [-0.39, 0.29) is 6.54 Å². The summed E-state index contributed by atoms with van der Waals surface area (Å²) in [6.07, 6.45) is 0.111. The van der Waals surface area contributed by atoms with E-state index in [2.05, 4.69) is 5.32 Å². The van der Waals surface area contributed by atoms with E-state index < -0.39 is 22.0 Å². The van der Waals surface area contributed by atoms with Crippen molar-refractivity contribution < 1.29 is 17.9 Å². The summed E-state index contributed by atoms with van der Waals surface area (Å²) >= 11 is 5.99. The summed E-state index contributed by atoms with van der Waals surface area (Å²) in [5.74, 6) is -0.104. The number of sulfonamides is 1. The number of anilines is 2. The molecular weight excluding hydrogens is 388 g/mol. The number of fused-ring (bicyclic) bond motifs is 1. The second-order valence-corrected chi connectivity index (χ2v) is 9.12. The maximum atomic E-state index is 12.8. The molecule has 144 valence electrons. The molecule has 0 radical (unpaired) electrons.